The average Bonchev–Trinajstić information content (AvgIpc) is 2.97. The first-order valence-corrected chi connectivity index (χ1v) is 7.93. The van der Waals surface area contributed by atoms with Crippen LogP contribution in [0.15, 0.2) is 0 Å². The fourth-order valence-electron chi connectivity index (χ4n) is 4.18. The van der Waals surface area contributed by atoms with E-state index in [-0.39, 0.29) is 5.92 Å². The van der Waals surface area contributed by atoms with Gasteiger partial charge in [-0.15, -0.1) is 0 Å². The summed E-state index contributed by atoms with van der Waals surface area (Å²) in [6.45, 7) is 8.37. The zero-order valence-electron chi connectivity index (χ0n) is 12.4. The van der Waals surface area contributed by atoms with E-state index in [0.717, 1.165) is 19.6 Å². The van der Waals surface area contributed by atoms with Crippen molar-refractivity contribution in [3.63, 3.8) is 0 Å². The van der Waals surface area contributed by atoms with Gasteiger partial charge in [-0.25, -0.2) is 0 Å². The highest BCUT2D eigenvalue weighted by Crippen LogP contribution is 2.43. The predicted molar refractivity (Wildman–Crippen MR) is 75.7 cm³/mol. The van der Waals surface area contributed by atoms with E-state index in [1.165, 1.54) is 25.8 Å². The molecule has 5 heteroatoms. The van der Waals surface area contributed by atoms with Crippen LogP contribution in [0.2, 0.25) is 0 Å². The van der Waals surface area contributed by atoms with Gasteiger partial charge >= 0.3 is 5.97 Å². The van der Waals surface area contributed by atoms with Gasteiger partial charge in [-0.1, -0.05) is 6.92 Å². The number of fused-ring (bicyclic) bond motifs is 1. The molecule has 0 aromatic carbocycles. The van der Waals surface area contributed by atoms with E-state index in [0.29, 0.717) is 25.8 Å². The van der Waals surface area contributed by atoms with Crippen LogP contribution in [-0.4, -0.2) is 72.9 Å². The molecule has 3 aliphatic heterocycles. The van der Waals surface area contributed by atoms with Crippen LogP contribution in [0.5, 0.6) is 0 Å². The first kappa shape index (κ1) is 14.3. The molecule has 0 aromatic rings. The molecule has 20 heavy (non-hydrogen) atoms. The van der Waals surface area contributed by atoms with Gasteiger partial charge in [0.05, 0.1) is 13.2 Å². The Hall–Kier alpha value is -0.650. The molecule has 0 aliphatic carbocycles. The molecule has 3 heterocycles. The molecule has 1 N–H and O–H groups in total. The average molecular weight is 282 g/mol. The van der Waals surface area contributed by atoms with Gasteiger partial charge in [-0.3, -0.25) is 9.69 Å². The molecule has 2 atom stereocenters. The van der Waals surface area contributed by atoms with E-state index in [1.807, 2.05) is 0 Å². The van der Waals surface area contributed by atoms with Crippen LogP contribution in [0.1, 0.15) is 26.2 Å². The molecule has 3 saturated heterocycles. The zero-order chi connectivity index (χ0) is 14.2. The van der Waals surface area contributed by atoms with Crippen molar-refractivity contribution in [3.05, 3.63) is 0 Å². The van der Waals surface area contributed by atoms with Gasteiger partial charge in [0, 0.05) is 25.0 Å². The van der Waals surface area contributed by atoms with E-state index in [1.54, 1.807) is 0 Å². The van der Waals surface area contributed by atoms with Crippen LogP contribution < -0.4 is 0 Å². The molecule has 0 unspecified atom stereocenters. The Morgan fingerprint density at radius 2 is 2.15 bits per heavy atom. The molecule has 0 saturated carbocycles. The third-order valence-corrected chi connectivity index (χ3v) is 5.44. The van der Waals surface area contributed by atoms with Crippen molar-refractivity contribution in [3.8, 4) is 0 Å². The molecule has 0 spiro atoms. The second-order valence-corrected chi connectivity index (χ2v) is 6.68. The van der Waals surface area contributed by atoms with Gasteiger partial charge in [0.25, 0.3) is 0 Å². The number of carboxylic acid groups (broad SMARTS) is 1. The Morgan fingerprint density at radius 3 is 2.75 bits per heavy atom. The third-order valence-electron chi connectivity index (χ3n) is 5.44. The number of aliphatic carboxylic acids is 1. The summed E-state index contributed by atoms with van der Waals surface area (Å²) in [6, 6.07) is 0.574. The normalized spacial score (nSPS) is 36.4. The molecule has 114 valence electrons. The molecule has 0 amide bonds. The fourth-order valence-corrected chi connectivity index (χ4v) is 4.18. The van der Waals surface area contributed by atoms with Crippen molar-refractivity contribution in [1.29, 1.82) is 0 Å². The van der Waals surface area contributed by atoms with E-state index in [4.69, 9.17) is 4.74 Å². The Balaban J connectivity index is 1.59. The summed E-state index contributed by atoms with van der Waals surface area (Å²) in [7, 11) is 0. The van der Waals surface area contributed by atoms with E-state index in [2.05, 4.69) is 16.7 Å². The molecule has 3 fully saturated rings. The first-order valence-electron chi connectivity index (χ1n) is 7.93. The van der Waals surface area contributed by atoms with Crippen LogP contribution in [0.25, 0.3) is 0 Å². The summed E-state index contributed by atoms with van der Waals surface area (Å²) in [4.78, 5) is 16.6. The first-order chi connectivity index (χ1) is 9.65. The third kappa shape index (κ3) is 2.36. The number of rotatable bonds is 4. The molecular weight excluding hydrogens is 256 g/mol. The Morgan fingerprint density at radius 1 is 1.40 bits per heavy atom. The zero-order valence-corrected chi connectivity index (χ0v) is 12.4. The summed E-state index contributed by atoms with van der Waals surface area (Å²) >= 11 is 0. The number of piperidine rings is 1. The molecule has 5 nitrogen and oxygen atoms in total. The smallest absolute Gasteiger partial charge is 0.313 e. The van der Waals surface area contributed by atoms with Gasteiger partial charge < -0.3 is 14.7 Å². The molecule has 3 aliphatic rings. The standard InChI is InChI=1S/C15H26N2O3/c1-2-5-16-6-3-13(4-7-16)17-8-12-9-20-11-15(12,10-17)14(18)19/h12-13H,2-11H2,1H3,(H,18,19)/t12-,15-/m1/s1. The number of hydrogen-bond donors (Lipinski definition) is 1. The SMILES string of the molecule is CCCN1CCC(N2C[C@@H]3COC[C@]3(C(=O)O)C2)CC1. The summed E-state index contributed by atoms with van der Waals surface area (Å²) in [5, 5.41) is 9.59. The molecular formula is C15H26N2O3. The van der Waals surface area contributed by atoms with Crippen LogP contribution in [0, 0.1) is 11.3 Å². The number of carboxylic acids is 1. The minimum atomic E-state index is -0.661. The Kier molecular flexibility index (Phi) is 4.02. The van der Waals surface area contributed by atoms with Crippen molar-refractivity contribution >= 4 is 5.97 Å². The Bertz CT molecular complexity index is 368. The van der Waals surface area contributed by atoms with Crippen molar-refractivity contribution in [2.24, 2.45) is 11.3 Å². The highest BCUT2D eigenvalue weighted by atomic mass is 16.5. The van der Waals surface area contributed by atoms with Crippen molar-refractivity contribution < 1.29 is 14.6 Å². The minimum Gasteiger partial charge on any atom is -0.481 e. The molecule has 0 aromatic heterocycles. The van der Waals surface area contributed by atoms with Gasteiger partial charge in [0.2, 0.25) is 0 Å². The predicted octanol–water partition coefficient (Wildman–Crippen LogP) is 0.894. The van der Waals surface area contributed by atoms with Gasteiger partial charge in [0.1, 0.15) is 5.41 Å². The lowest BCUT2D eigenvalue weighted by Crippen LogP contribution is -2.46. The second-order valence-electron chi connectivity index (χ2n) is 6.68. The second kappa shape index (κ2) is 5.62. The lowest BCUT2D eigenvalue weighted by molar-refractivity contribution is -0.149. The van der Waals surface area contributed by atoms with Crippen LogP contribution >= 0.6 is 0 Å². The van der Waals surface area contributed by atoms with Crippen LogP contribution in [0.4, 0.5) is 0 Å². The Labute approximate surface area is 120 Å². The summed E-state index contributed by atoms with van der Waals surface area (Å²) in [5.41, 5.74) is -0.624. The monoisotopic (exact) mass is 282 g/mol. The van der Waals surface area contributed by atoms with E-state index < -0.39 is 11.4 Å². The maximum Gasteiger partial charge on any atom is 0.313 e. The summed E-state index contributed by atoms with van der Waals surface area (Å²) in [6.07, 6.45) is 3.59. The molecule has 0 bridgehead atoms. The number of nitrogens with zero attached hydrogens (tertiary/aromatic N) is 2. The van der Waals surface area contributed by atoms with Crippen molar-refractivity contribution in [2.75, 3.05) is 45.9 Å². The highest BCUT2D eigenvalue weighted by molar-refractivity contribution is 5.76. The number of carbonyl (C=O) groups is 1. The summed E-state index contributed by atoms with van der Waals surface area (Å²) < 4.78 is 5.45. The van der Waals surface area contributed by atoms with E-state index >= 15 is 0 Å². The quantitative estimate of drug-likeness (QED) is 0.830. The lowest BCUT2D eigenvalue weighted by atomic mass is 9.81. The van der Waals surface area contributed by atoms with Gasteiger partial charge in [-0.2, -0.15) is 0 Å². The largest absolute Gasteiger partial charge is 0.481 e. The van der Waals surface area contributed by atoms with E-state index in [9.17, 15) is 9.90 Å². The van der Waals surface area contributed by atoms with Crippen molar-refractivity contribution in [1.82, 2.24) is 9.80 Å². The molecule has 0 radical (unpaired) electrons. The van der Waals surface area contributed by atoms with Crippen LogP contribution in [-0.2, 0) is 9.53 Å². The van der Waals surface area contributed by atoms with Gasteiger partial charge in [0.15, 0.2) is 0 Å². The maximum atomic E-state index is 11.7. The number of hydrogen-bond acceptors (Lipinski definition) is 4. The minimum absolute atomic E-state index is 0.189. The van der Waals surface area contributed by atoms with Crippen molar-refractivity contribution in [2.45, 2.75) is 32.2 Å². The highest BCUT2D eigenvalue weighted by Gasteiger charge is 2.57. The van der Waals surface area contributed by atoms with Gasteiger partial charge in [-0.05, 0) is 38.9 Å². The number of ether oxygens (including phenoxy) is 1. The maximum absolute atomic E-state index is 11.7. The van der Waals surface area contributed by atoms with Crippen LogP contribution in [0.3, 0.4) is 0 Å². The molecule has 3 rings (SSSR count). The fraction of sp³-hybridized carbons (Fsp3) is 0.933. The lowest BCUT2D eigenvalue weighted by Gasteiger charge is -2.37. The number of likely N-dealkylation sites (tertiary alicyclic amines) is 2. The summed E-state index contributed by atoms with van der Waals surface area (Å²) in [5.74, 6) is -0.473. The topological polar surface area (TPSA) is 53.0 Å².